The first-order valence-corrected chi connectivity index (χ1v) is 7.10. The third-order valence-corrected chi connectivity index (χ3v) is 4.06. The maximum atomic E-state index is 4.58. The molecule has 1 N–H and O–H groups in total. The molecule has 0 atom stereocenters. The molecule has 0 bridgehead atoms. The highest BCUT2D eigenvalue weighted by atomic mass is 32.1. The van der Waals surface area contributed by atoms with E-state index in [2.05, 4.69) is 44.2 Å². The highest BCUT2D eigenvalue weighted by Gasteiger charge is 2.11. The van der Waals surface area contributed by atoms with Gasteiger partial charge in [-0.3, -0.25) is 9.08 Å². The number of fused-ring (bicyclic) bond motifs is 1. The Labute approximate surface area is 115 Å². The van der Waals surface area contributed by atoms with Gasteiger partial charge in [0.25, 0.3) is 0 Å². The van der Waals surface area contributed by atoms with Crippen molar-refractivity contribution in [3.8, 4) is 0 Å². The smallest absolute Gasteiger partial charge is 0.194 e. The maximum absolute atomic E-state index is 4.58. The number of aryl methyl sites for hydroxylation is 2. The quantitative estimate of drug-likeness (QED) is 0.716. The number of imidazole rings is 1. The fourth-order valence-corrected chi connectivity index (χ4v) is 3.06. The molecule has 3 aromatic heterocycles. The number of rotatable bonds is 5. The fraction of sp³-hybridized carbons (Fsp3) is 0.417. The second kappa shape index (κ2) is 5.10. The first kappa shape index (κ1) is 12.3. The Kier molecular flexibility index (Phi) is 3.31. The van der Waals surface area contributed by atoms with Crippen LogP contribution in [0.5, 0.6) is 0 Å². The van der Waals surface area contributed by atoms with Crippen molar-refractivity contribution in [2.24, 2.45) is 0 Å². The molecule has 0 radical (unpaired) electrons. The average Bonchev–Trinajstić information content (AvgIpc) is 3.07. The summed E-state index contributed by atoms with van der Waals surface area (Å²) in [5.41, 5.74) is 3.59. The summed E-state index contributed by atoms with van der Waals surface area (Å²) in [6.07, 6.45) is 3.56. The summed E-state index contributed by atoms with van der Waals surface area (Å²) in [5.74, 6) is 0. The van der Waals surface area contributed by atoms with E-state index in [9.17, 15) is 0 Å². The summed E-state index contributed by atoms with van der Waals surface area (Å²) in [7, 11) is 0. The van der Waals surface area contributed by atoms with E-state index < -0.39 is 0 Å². The summed E-state index contributed by atoms with van der Waals surface area (Å²) in [5, 5.41) is 13.3. The zero-order valence-electron chi connectivity index (χ0n) is 11.0. The predicted octanol–water partition coefficient (Wildman–Crippen LogP) is 1.39. The van der Waals surface area contributed by atoms with Gasteiger partial charge in [-0.05, 0) is 13.8 Å². The van der Waals surface area contributed by atoms with Gasteiger partial charge in [-0.2, -0.15) is 0 Å². The normalized spacial score (nSPS) is 11.5. The molecule has 0 aromatic carbocycles. The van der Waals surface area contributed by atoms with E-state index in [4.69, 9.17) is 0 Å². The van der Waals surface area contributed by atoms with Crippen LogP contribution in [-0.2, 0) is 13.1 Å². The van der Waals surface area contributed by atoms with Crippen LogP contribution in [0.15, 0.2) is 17.8 Å². The summed E-state index contributed by atoms with van der Waals surface area (Å²) >= 11 is 1.69. The summed E-state index contributed by atoms with van der Waals surface area (Å²) in [6, 6.07) is 0. The molecule has 0 spiro atoms. The van der Waals surface area contributed by atoms with Gasteiger partial charge in [0.2, 0.25) is 0 Å². The van der Waals surface area contributed by atoms with Gasteiger partial charge in [0.05, 0.1) is 24.1 Å². The van der Waals surface area contributed by atoms with E-state index in [1.54, 1.807) is 17.5 Å². The molecule has 0 fully saturated rings. The first-order valence-electron chi connectivity index (χ1n) is 6.22. The number of hydrogen-bond donors (Lipinski definition) is 1. The lowest BCUT2D eigenvalue weighted by Gasteiger charge is -2.06. The minimum atomic E-state index is 0.819. The molecule has 3 heterocycles. The molecule has 3 aromatic rings. The van der Waals surface area contributed by atoms with Gasteiger partial charge in [0.15, 0.2) is 4.96 Å². The van der Waals surface area contributed by atoms with Crippen molar-refractivity contribution in [1.82, 2.24) is 29.7 Å². The molecule has 3 rings (SSSR count). The largest absolute Gasteiger partial charge is 0.309 e. The second-order valence-electron chi connectivity index (χ2n) is 4.48. The van der Waals surface area contributed by atoms with Crippen LogP contribution in [0.1, 0.15) is 17.1 Å². The summed E-state index contributed by atoms with van der Waals surface area (Å²) in [4.78, 5) is 5.65. The standard InChI is InChI=1S/C12H16N6S/c1-9-8-19-12-15-10(2)11(18(9)12)7-13-3-5-17-6-4-14-16-17/h4,6,8,13H,3,5,7H2,1-2H3. The van der Waals surface area contributed by atoms with Gasteiger partial charge in [0, 0.05) is 30.4 Å². The van der Waals surface area contributed by atoms with Crippen LogP contribution in [0.3, 0.4) is 0 Å². The highest BCUT2D eigenvalue weighted by Crippen LogP contribution is 2.20. The Morgan fingerprint density at radius 2 is 2.26 bits per heavy atom. The average molecular weight is 276 g/mol. The number of nitrogens with one attached hydrogen (secondary N) is 1. The zero-order chi connectivity index (χ0) is 13.2. The van der Waals surface area contributed by atoms with Crippen LogP contribution in [0.25, 0.3) is 4.96 Å². The first-order chi connectivity index (χ1) is 9.25. The molecule has 7 heteroatoms. The van der Waals surface area contributed by atoms with E-state index in [0.717, 1.165) is 30.3 Å². The molecule has 0 unspecified atom stereocenters. The van der Waals surface area contributed by atoms with E-state index in [1.807, 2.05) is 10.9 Å². The van der Waals surface area contributed by atoms with Crippen molar-refractivity contribution >= 4 is 16.3 Å². The Hall–Kier alpha value is -1.73. The number of nitrogens with zero attached hydrogens (tertiary/aromatic N) is 5. The Balaban J connectivity index is 1.65. The molecule has 0 aliphatic heterocycles. The topological polar surface area (TPSA) is 60.0 Å². The van der Waals surface area contributed by atoms with Crippen molar-refractivity contribution < 1.29 is 0 Å². The lowest BCUT2D eigenvalue weighted by Crippen LogP contribution is -2.21. The lowest BCUT2D eigenvalue weighted by atomic mass is 10.3. The minimum absolute atomic E-state index is 0.819. The molecule has 0 aliphatic carbocycles. The minimum Gasteiger partial charge on any atom is -0.309 e. The van der Waals surface area contributed by atoms with Crippen LogP contribution < -0.4 is 5.32 Å². The van der Waals surface area contributed by atoms with Gasteiger partial charge in [-0.1, -0.05) is 5.21 Å². The monoisotopic (exact) mass is 276 g/mol. The lowest BCUT2D eigenvalue weighted by molar-refractivity contribution is 0.536. The molecule has 19 heavy (non-hydrogen) atoms. The number of thiazole rings is 1. The molecular weight excluding hydrogens is 260 g/mol. The second-order valence-corrected chi connectivity index (χ2v) is 5.32. The highest BCUT2D eigenvalue weighted by molar-refractivity contribution is 7.15. The Morgan fingerprint density at radius 3 is 3.05 bits per heavy atom. The molecule has 0 amide bonds. The van der Waals surface area contributed by atoms with Gasteiger partial charge in [-0.25, -0.2) is 4.98 Å². The van der Waals surface area contributed by atoms with E-state index in [0.29, 0.717) is 0 Å². The molecule has 0 aliphatic rings. The third kappa shape index (κ3) is 2.39. The van der Waals surface area contributed by atoms with Crippen LogP contribution in [0.4, 0.5) is 0 Å². The summed E-state index contributed by atoms with van der Waals surface area (Å²) in [6.45, 7) is 6.68. The predicted molar refractivity (Wildman–Crippen MR) is 74.3 cm³/mol. The van der Waals surface area contributed by atoms with Crippen molar-refractivity contribution in [2.45, 2.75) is 26.9 Å². The molecule has 6 nitrogen and oxygen atoms in total. The van der Waals surface area contributed by atoms with Gasteiger partial charge < -0.3 is 5.32 Å². The molecular formula is C12H16N6S. The van der Waals surface area contributed by atoms with Crippen LogP contribution in [0, 0.1) is 13.8 Å². The maximum Gasteiger partial charge on any atom is 0.194 e. The van der Waals surface area contributed by atoms with Crippen molar-refractivity contribution in [3.05, 3.63) is 34.9 Å². The number of aromatic nitrogens is 5. The number of hydrogen-bond acceptors (Lipinski definition) is 5. The third-order valence-electron chi connectivity index (χ3n) is 3.11. The molecule has 100 valence electrons. The van der Waals surface area contributed by atoms with Crippen LogP contribution in [-0.4, -0.2) is 30.9 Å². The van der Waals surface area contributed by atoms with E-state index >= 15 is 0 Å². The van der Waals surface area contributed by atoms with E-state index in [1.165, 1.54) is 11.4 Å². The van der Waals surface area contributed by atoms with Gasteiger partial charge in [0.1, 0.15) is 0 Å². The van der Waals surface area contributed by atoms with E-state index in [-0.39, 0.29) is 0 Å². The molecule has 0 saturated carbocycles. The SMILES string of the molecule is Cc1nc2scc(C)n2c1CNCCn1ccnn1. The van der Waals surface area contributed by atoms with Crippen molar-refractivity contribution in [1.29, 1.82) is 0 Å². The molecule has 0 saturated heterocycles. The van der Waals surface area contributed by atoms with Crippen LogP contribution >= 0.6 is 11.3 Å². The Morgan fingerprint density at radius 1 is 1.37 bits per heavy atom. The fourth-order valence-electron chi connectivity index (χ4n) is 2.13. The van der Waals surface area contributed by atoms with Crippen molar-refractivity contribution in [3.63, 3.8) is 0 Å². The van der Waals surface area contributed by atoms with Gasteiger partial charge in [-0.15, -0.1) is 16.4 Å². The van der Waals surface area contributed by atoms with Crippen molar-refractivity contribution in [2.75, 3.05) is 6.54 Å². The van der Waals surface area contributed by atoms with Crippen LogP contribution in [0.2, 0.25) is 0 Å². The summed E-state index contributed by atoms with van der Waals surface area (Å²) < 4.78 is 4.05. The van der Waals surface area contributed by atoms with Gasteiger partial charge >= 0.3 is 0 Å². The zero-order valence-corrected chi connectivity index (χ0v) is 11.8. The Bertz CT molecular complexity index is 666.